The van der Waals surface area contributed by atoms with Crippen LogP contribution in [0.25, 0.3) is 0 Å². The minimum atomic E-state index is -1.26. The van der Waals surface area contributed by atoms with Crippen molar-refractivity contribution in [2.24, 2.45) is 0 Å². The predicted octanol–water partition coefficient (Wildman–Crippen LogP) is 5.49. The Morgan fingerprint density at radius 2 is 1.53 bits per heavy atom. The second-order valence-corrected chi connectivity index (χ2v) is 10.6. The maximum absolute atomic E-state index is 13.3. The molecule has 3 aromatic carbocycles. The fraction of sp³-hybridized carbons (Fsp3) is 0.321. The summed E-state index contributed by atoms with van der Waals surface area (Å²) in [6.45, 7) is 5.92. The van der Waals surface area contributed by atoms with Gasteiger partial charge in [0.2, 0.25) is 0 Å². The fourth-order valence-electron chi connectivity index (χ4n) is 4.37. The molecule has 4 rings (SSSR count). The molecule has 1 amide bonds. The van der Waals surface area contributed by atoms with Crippen molar-refractivity contribution in [2.75, 3.05) is 5.75 Å². The van der Waals surface area contributed by atoms with Crippen molar-refractivity contribution in [2.45, 2.75) is 56.6 Å². The van der Waals surface area contributed by atoms with Crippen LogP contribution < -0.4 is 0 Å². The van der Waals surface area contributed by atoms with Crippen molar-refractivity contribution < 1.29 is 18.5 Å². The molecule has 6 heteroatoms. The summed E-state index contributed by atoms with van der Waals surface area (Å²) in [4.78, 5) is 15.8. The summed E-state index contributed by atoms with van der Waals surface area (Å²) in [5.74, 6) is 0.298. The highest BCUT2D eigenvalue weighted by Crippen LogP contribution is 2.35. The van der Waals surface area contributed by atoms with E-state index < -0.39 is 28.7 Å². The maximum Gasteiger partial charge on any atom is 0.412 e. The highest BCUT2D eigenvalue weighted by atomic mass is 32.2. The zero-order chi connectivity index (χ0) is 24.1. The molecule has 1 aliphatic heterocycles. The van der Waals surface area contributed by atoms with E-state index in [0.717, 1.165) is 21.6 Å². The van der Waals surface area contributed by atoms with E-state index in [9.17, 15) is 9.00 Å². The van der Waals surface area contributed by atoms with Gasteiger partial charge in [0, 0.05) is 4.90 Å². The number of hydrogen-bond acceptors (Lipinski definition) is 4. The molecule has 1 aliphatic rings. The topological polar surface area (TPSA) is 55.8 Å². The van der Waals surface area contributed by atoms with Crippen LogP contribution in [0, 0.1) is 6.92 Å². The highest BCUT2D eigenvalue weighted by Gasteiger charge is 2.51. The average molecular weight is 478 g/mol. The Kier molecular flexibility index (Phi) is 7.49. The Balaban J connectivity index is 1.56. The molecule has 5 nitrogen and oxygen atoms in total. The van der Waals surface area contributed by atoms with Crippen LogP contribution in [-0.4, -0.2) is 38.8 Å². The Morgan fingerprint density at radius 3 is 2.15 bits per heavy atom. The van der Waals surface area contributed by atoms with Gasteiger partial charge in [-0.3, -0.25) is 9.11 Å². The van der Waals surface area contributed by atoms with Crippen LogP contribution in [0.3, 0.4) is 0 Å². The number of hydrogen-bond donors (Lipinski definition) is 0. The Morgan fingerprint density at radius 1 is 0.941 bits per heavy atom. The van der Waals surface area contributed by atoms with Crippen LogP contribution in [-0.2, 0) is 33.3 Å². The first-order chi connectivity index (χ1) is 16.3. The molecule has 0 aliphatic carbocycles. The van der Waals surface area contributed by atoms with Gasteiger partial charge in [-0.15, -0.1) is 0 Å². The molecule has 0 N–H and O–H groups in total. The third kappa shape index (κ3) is 5.75. The van der Waals surface area contributed by atoms with Crippen LogP contribution in [0.15, 0.2) is 89.8 Å². The standard InChI is InChI=1S/C28H31NO4S/c1-21-14-16-24(17-15-21)34(31)20-26-25(18-22-10-6-4-7-11-22)29(28(2,3)33-26)27(30)32-19-23-12-8-5-9-13-23/h4-17,25-26H,18-20H2,1-3H3/t25-,26-,34?/m1/s1. The molecule has 34 heavy (non-hydrogen) atoms. The minimum Gasteiger partial charge on any atom is -0.444 e. The second-order valence-electron chi connectivity index (χ2n) is 9.10. The van der Waals surface area contributed by atoms with Crippen molar-refractivity contribution in [1.29, 1.82) is 0 Å². The monoisotopic (exact) mass is 477 g/mol. The van der Waals surface area contributed by atoms with Gasteiger partial charge in [0.1, 0.15) is 12.3 Å². The first kappa shape index (κ1) is 24.2. The Labute approximate surface area is 204 Å². The van der Waals surface area contributed by atoms with Crippen LogP contribution in [0.5, 0.6) is 0 Å². The van der Waals surface area contributed by atoms with Gasteiger partial charge in [0.05, 0.1) is 28.7 Å². The SMILES string of the molecule is Cc1ccc(S(=O)C[C@H]2OC(C)(C)N(C(=O)OCc3ccccc3)[C@@H]2Cc2ccccc2)cc1. The van der Waals surface area contributed by atoms with E-state index in [1.807, 2.05) is 106 Å². The van der Waals surface area contributed by atoms with E-state index in [-0.39, 0.29) is 12.6 Å². The average Bonchev–Trinajstić information content (AvgIpc) is 3.08. The number of benzene rings is 3. The van der Waals surface area contributed by atoms with Crippen molar-refractivity contribution in [1.82, 2.24) is 4.90 Å². The number of aryl methyl sites for hydroxylation is 1. The van der Waals surface area contributed by atoms with Crippen LogP contribution in [0.2, 0.25) is 0 Å². The molecule has 1 fully saturated rings. The van der Waals surface area contributed by atoms with Gasteiger partial charge in [-0.2, -0.15) is 0 Å². The number of amides is 1. The molecule has 0 aromatic heterocycles. The molecular formula is C28H31NO4S. The summed E-state index contributed by atoms with van der Waals surface area (Å²) in [5, 5.41) is 0. The molecular weight excluding hydrogens is 446 g/mol. The largest absolute Gasteiger partial charge is 0.444 e. The van der Waals surface area contributed by atoms with Crippen LogP contribution >= 0.6 is 0 Å². The maximum atomic E-state index is 13.3. The summed E-state index contributed by atoms with van der Waals surface area (Å²) in [6, 6.07) is 27.0. The van der Waals surface area contributed by atoms with E-state index in [1.165, 1.54) is 0 Å². The van der Waals surface area contributed by atoms with E-state index in [4.69, 9.17) is 9.47 Å². The molecule has 0 bridgehead atoms. The number of carbonyl (C=O) groups is 1. The molecule has 1 saturated heterocycles. The highest BCUT2D eigenvalue weighted by molar-refractivity contribution is 7.85. The lowest BCUT2D eigenvalue weighted by atomic mass is 10.0. The summed E-state index contributed by atoms with van der Waals surface area (Å²) in [5.41, 5.74) is 2.23. The van der Waals surface area contributed by atoms with Gasteiger partial charge in [-0.05, 0) is 50.5 Å². The van der Waals surface area contributed by atoms with Gasteiger partial charge in [-0.25, -0.2) is 4.79 Å². The van der Waals surface area contributed by atoms with Crippen LogP contribution in [0.4, 0.5) is 4.79 Å². The molecule has 1 heterocycles. The van der Waals surface area contributed by atoms with Crippen molar-refractivity contribution in [3.8, 4) is 0 Å². The zero-order valence-electron chi connectivity index (χ0n) is 19.8. The van der Waals surface area contributed by atoms with E-state index in [2.05, 4.69) is 0 Å². The zero-order valence-corrected chi connectivity index (χ0v) is 20.7. The molecule has 1 unspecified atom stereocenters. The van der Waals surface area contributed by atoms with E-state index >= 15 is 0 Å². The van der Waals surface area contributed by atoms with Crippen LogP contribution in [0.1, 0.15) is 30.5 Å². The smallest absolute Gasteiger partial charge is 0.412 e. The summed E-state index contributed by atoms with van der Waals surface area (Å²) in [7, 11) is -1.26. The van der Waals surface area contributed by atoms with Crippen molar-refractivity contribution in [3.63, 3.8) is 0 Å². The first-order valence-electron chi connectivity index (χ1n) is 11.5. The molecule has 0 radical (unpaired) electrons. The van der Waals surface area contributed by atoms with Crippen molar-refractivity contribution >= 4 is 16.9 Å². The Bertz CT molecular complexity index is 1120. The van der Waals surface area contributed by atoms with Gasteiger partial charge < -0.3 is 9.47 Å². The normalized spacial score (nSPS) is 20.1. The molecule has 0 spiro atoms. The number of ether oxygens (including phenoxy) is 2. The lowest BCUT2D eigenvalue weighted by molar-refractivity contribution is -0.0659. The summed E-state index contributed by atoms with van der Waals surface area (Å²) < 4.78 is 25.3. The third-order valence-corrected chi connectivity index (χ3v) is 7.50. The minimum absolute atomic E-state index is 0.185. The first-order valence-corrected chi connectivity index (χ1v) is 12.8. The fourth-order valence-corrected chi connectivity index (χ4v) is 5.60. The third-order valence-electron chi connectivity index (χ3n) is 6.07. The number of carbonyl (C=O) groups excluding carboxylic acids is 1. The van der Waals surface area contributed by atoms with Gasteiger partial charge in [0.15, 0.2) is 0 Å². The molecule has 3 atom stereocenters. The van der Waals surface area contributed by atoms with Gasteiger partial charge in [-0.1, -0.05) is 78.4 Å². The van der Waals surface area contributed by atoms with Gasteiger partial charge >= 0.3 is 6.09 Å². The quantitative estimate of drug-likeness (QED) is 0.452. The lowest BCUT2D eigenvalue weighted by Gasteiger charge is -2.33. The molecule has 0 saturated carbocycles. The molecule has 3 aromatic rings. The molecule has 178 valence electrons. The predicted molar refractivity (Wildman–Crippen MR) is 134 cm³/mol. The van der Waals surface area contributed by atoms with E-state index in [1.54, 1.807) is 4.90 Å². The van der Waals surface area contributed by atoms with Crippen molar-refractivity contribution in [3.05, 3.63) is 102 Å². The van der Waals surface area contributed by atoms with Gasteiger partial charge in [0.25, 0.3) is 0 Å². The number of nitrogens with zero attached hydrogens (tertiary/aromatic N) is 1. The summed E-state index contributed by atoms with van der Waals surface area (Å²) >= 11 is 0. The number of rotatable bonds is 7. The lowest BCUT2D eigenvalue weighted by Crippen LogP contribution is -2.49. The summed E-state index contributed by atoms with van der Waals surface area (Å²) in [6.07, 6.45) is -0.250. The Hall–Kier alpha value is -2.96. The van der Waals surface area contributed by atoms with E-state index in [0.29, 0.717) is 12.2 Å². The second kappa shape index (κ2) is 10.5.